The summed E-state index contributed by atoms with van der Waals surface area (Å²) in [5.41, 5.74) is 15.5. The molecule has 4 aromatic carbocycles. The van der Waals surface area contributed by atoms with Gasteiger partial charge in [-0.1, -0.05) is 37.1 Å². The fourth-order valence-corrected chi connectivity index (χ4v) is 4.57. The second kappa shape index (κ2) is 15.0. The Kier molecular flexibility index (Phi) is 10.8. The second-order valence-electron chi connectivity index (χ2n) is 10.5. The predicted octanol–water partition coefficient (Wildman–Crippen LogP) is 7.56. The third kappa shape index (κ3) is 9.95. The molecule has 0 atom stereocenters. The number of nitrogens with zero attached hydrogens (tertiary/aromatic N) is 2. The van der Waals surface area contributed by atoms with Gasteiger partial charge in [0.05, 0.1) is 0 Å². The molecule has 0 saturated heterocycles. The van der Waals surface area contributed by atoms with E-state index < -0.39 is 0 Å². The molecule has 0 aromatic heterocycles. The van der Waals surface area contributed by atoms with Crippen LogP contribution in [0.4, 0.5) is 11.4 Å². The number of anilines is 2. The minimum absolute atomic E-state index is 0.735. The molecule has 0 heterocycles. The van der Waals surface area contributed by atoms with Gasteiger partial charge in [-0.2, -0.15) is 0 Å². The van der Waals surface area contributed by atoms with Gasteiger partial charge in [-0.25, -0.2) is 0 Å². The number of benzene rings is 4. The van der Waals surface area contributed by atoms with Crippen LogP contribution >= 0.6 is 0 Å². The summed E-state index contributed by atoms with van der Waals surface area (Å²) in [6, 6.07) is 31.6. The number of nitrogens with two attached hydrogens (primary N) is 2. The van der Waals surface area contributed by atoms with Crippen molar-refractivity contribution < 1.29 is 9.47 Å². The molecule has 210 valence electrons. The van der Waals surface area contributed by atoms with Crippen molar-refractivity contribution in [3.8, 4) is 23.0 Å². The molecule has 4 aromatic rings. The van der Waals surface area contributed by atoms with Crippen LogP contribution in [-0.2, 0) is 13.1 Å². The summed E-state index contributed by atoms with van der Waals surface area (Å²) in [5.74, 6) is 3.25. The van der Waals surface area contributed by atoms with Gasteiger partial charge in [0.2, 0.25) is 0 Å². The van der Waals surface area contributed by atoms with Crippen molar-refractivity contribution in [1.29, 1.82) is 0 Å². The molecule has 0 unspecified atom stereocenters. The van der Waals surface area contributed by atoms with E-state index in [0.717, 1.165) is 60.6 Å². The molecule has 0 aliphatic heterocycles. The SMILES string of the molecule is CN(CCCCCCN(C)Cc1ccc(Oc2ccc(N)cc2)cc1)Cc1ccc(Oc2ccc(N)cc2)cc1. The smallest absolute Gasteiger partial charge is 0.127 e. The maximum atomic E-state index is 5.89. The quantitative estimate of drug-likeness (QED) is 0.120. The Morgan fingerprint density at radius 2 is 0.750 bits per heavy atom. The first-order valence-electron chi connectivity index (χ1n) is 14.0. The van der Waals surface area contributed by atoms with Crippen LogP contribution in [0.3, 0.4) is 0 Å². The zero-order valence-electron chi connectivity index (χ0n) is 23.8. The van der Waals surface area contributed by atoms with Crippen LogP contribution in [0.5, 0.6) is 23.0 Å². The van der Waals surface area contributed by atoms with Crippen molar-refractivity contribution in [2.45, 2.75) is 38.8 Å². The van der Waals surface area contributed by atoms with Gasteiger partial charge >= 0.3 is 0 Å². The summed E-state index contributed by atoms with van der Waals surface area (Å²) in [6.45, 7) is 4.08. The largest absolute Gasteiger partial charge is 0.457 e. The average molecular weight is 539 g/mol. The van der Waals surface area contributed by atoms with Crippen molar-refractivity contribution in [1.82, 2.24) is 9.80 Å². The van der Waals surface area contributed by atoms with Crippen molar-refractivity contribution in [2.75, 3.05) is 38.7 Å². The molecule has 0 aliphatic rings. The fraction of sp³-hybridized carbons (Fsp3) is 0.294. The van der Waals surface area contributed by atoms with Crippen LogP contribution in [0.2, 0.25) is 0 Å². The molecular weight excluding hydrogens is 496 g/mol. The van der Waals surface area contributed by atoms with E-state index in [1.807, 2.05) is 72.8 Å². The summed E-state index contributed by atoms with van der Waals surface area (Å²) in [6.07, 6.45) is 4.94. The van der Waals surface area contributed by atoms with Crippen LogP contribution in [0, 0.1) is 0 Å². The van der Waals surface area contributed by atoms with Gasteiger partial charge < -0.3 is 30.7 Å². The van der Waals surface area contributed by atoms with E-state index in [2.05, 4.69) is 48.2 Å². The highest BCUT2D eigenvalue weighted by Gasteiger charge is 2.05. The molecule has 0 spiro atoms. The highest BCUT2D eigenvalue weighted by atomic mass is 16.5. The van der Waals surface area contributed by atoms with E-state index >= 15 is 0 Å². The molecule has 4 N–H and O–H groups in total. The molecule has 4 rings (SSSR count). The molecule has 0 bridgehead atoms. The lowest BCUT2D eigenvalue weighted by atomic mass is 10.1. The molecule has 0 amide bonds. The summed E-state index contributed by atoms with van der Waals surface area (Å²) in [4.78, 5) is 4.78. The number of hydrogen-bond donors (Lipinski definition) is 2. The monoisotopic (exact) mass is 538 g/mol. The van der Waals surface area contributed by atoms with Crippen LogP contribution in [-0.4, -0.2) is 37.0 Å². The van der Waals surface area contributed by atoms with Crippen molar-refractivity contribution in [3.63, 3.8) is 0 Å². The average Bonchev–Trinajstić information content (AvgIpc) is 2.95. The standard InChI is InChI=1S/C34H42N4O2/c1-37(25-27-7-15-31(16-8-27)39-33-19-11-29(35)12-20-33)23-5-3-4-6-24-38(2)26-28-9-17-32(18-10-28)40-34-21-13-30(36)14-22-34/h7-22H,3-6,23-26,35-36H2,1-2H3. The van der Waals surface area contributed by atoms with E-state index in [4.69, 9.17) is 20.9 Å². The maximum absolute atomic E-state index is 5.89. The highest BCUT2D eigenvalue weighted by Crippen LogP contribution is 2.24. The molecule has 6 nitrogen and oxygen atoms in total. The molecule has 0 fully saturated rings. The van der Waals surface area contributed by atoms with E-state index in [0.29, 0.717) is 0 Å². The minimum atomic E-state index is 0.735. The lowest BCUT2D eigenvalue weighted by Gasteiger charge is -2.18. The van der Waals surface area contributed by atoms with Crippen molar-refractivity contribution in [2.24, 2.45) is 0 Å². The fourth-order valence-electron chi connectivity index (χ4n) is 4.57. The van der Waals surface area contributed by atoms with Crippen LogP contribution in [0.1, 0.15) is 36.8 Å². The highest BCUT2D eigenvalue weighted by molar-refractivity contribution is 5.44. The third-order valence-corrected chi connectivity index (χ3v) is 6.81. The first-order valence-corrected chi connectivity index (χ1v) is 14.0. The first kappa shape index (κ1) is 29.0. The van der Waals surface area contributed by atoms with Crippen molar-refractivity contribution in [3.05, 3.63) is 108 Å². The Hall–Kier alpha value is -4.00. The second-order valence-corrected chi connectivity index (χ2v) is 10.5. The predicted molar refractivity (Wildman–Crippen MR) is 166 cm³/mol. The van der Waals surface area contributed by atoms with Gasteiger partial charge in [0.15, 0.2) is 0 Å². The molecule has 0 aliphatic carbocycles. The zero-order chi connectivity index (χ0) is 28.2. The Labute approximate surface area is 239 Å². The first-order chi connectivity index (χ1) is 19.4. The number of hydrogen-bond acceptors (Lipinski definition) is 6. The normalized spacial score (nSPS) is 11.2. The maximum Gasteiger partial charge on any atom is 0.127 e. The molecule has 0 radical (unpaired) electrons. The summed E-state index contributed by atoms with van der Waals surface area (Å²) >= 11 is 0. The Bertz CT molecular complexity index is 1170. The van der Waals surface area contributed by atoms with Crippen molar-refractivity contribution >= 4 is 11.4 Å². The van der Waals surface area contributed by atoms with Gasteiger partial charge in [0.1, 0.15) is 23.0 Å². The number of rotatable bonds is 15. The Morgan fingerprint density at radius 1 is 0.450 bits per heavy atom. The Morgan fingerprint density at radius 3 is 1.07 bits per heavy atom. The molecule has 6 heteroatoms. The number of ether oxygens (including phenoxy) is 2. The Balaban J connectivity index is 1.06. The van der Waals surface area contributed by atoms with Gasteiger partial charge in [-0.15, -0.1) is 0 Å². The van der Waals surface area contributed by atoms with Crippen LogP contribution in [0.15, 0.2) is 97.1 Å². The molecular formula is C34H42N4O2. The zero-order valence-corrected chi connectivity index (χ0v) is 23.8. The van der Waals surface area contributed by atoms with Crippen LogP contribution < -0.4 is 20.9 Å². The lowest BCUT2D eigenvalue weighted by Crippen LogP contribution is -2.20. The van der Waals surface area contributed by atoms with Gasteiger partial charge in [0, 0.05) is 24.5 Å². The summed E-state index contributed by atoms with van der Waals surface area (Å²) < 4.78 is 11.8. The third-order valence-electron chi connectivity index (χ3n) is 6.81. The van der Waals surface area contributed by atoms with E-state index in [1.54, 1.807) is 0 Å². The molecule has 40 heavy (non-hydrogen) atoms. The van der Waals surface area contributed by atoms with E-state index in [1.165, 1.54) is 36.8 Å². The summed E-state index contributed by atoms with van der Waals surface area (Å²) in [5, 5.41) is 0. The number of unbranched alkanes of at least 4 members (excludes halogenated alkanes) is 3. The van der Waals surface area contributed by atoms with E-state index in [-0.39, 0.29) is 0 Å². The minimum Gasteiger partial charge on any atom is -0.457 e. The van der Waals surface area contributed by atoms with Gasteiger partial charge in [-0.3, -0.25) is 0 Å². The summed E-state index contributed by atoms with van der Waals surface area (Å²) in [7, 11) is 4.39. The lowest BCUT2D eigenvalue weighted by molar-refractivity contribution is 0.302. The van der Waals surface area contributed by atoms with Gasteiger partial charge in [0.25, 0.3) is 0 Å². The number of nitrogen functional groups attached to an aromatic ring is 2. The topological polar surface area (TPSA) is 77.0 Å². The van der Waals surface area contributed by atoms with E-state index in [9.17, 15) is 0 Å². The van der Waals surface area contributed by atoms with Gasteiger partial charge in [-0.05, 0) is 124 Å². The van der Waals surface area contributed by atoms with Crippen LogP contribution in [0.25, 0.3) is 0 Å². The molecule has 0 saturated carbocycles.